The van der Waals surface area contributed by atoms with Crippen LogP contribution in [-0.2, 0) is 12.8 Å². The second-order valence-corrected chi connectivity index (χ2v) is 16.5. The van der Waals surface area contributed by atoms with Gasteiger partial charge in [-0.2, -0.15) is 10.5 Å². The number of hydrogen-bond acceptors (Lipinski definition) is 2. The van der Waals surface area contributed by atoms with Gasteiger partial charge >= 0.3 is 0 Å². The molecule has 0 aliphatic rings. The highest BCUT2D eigenvalue weighted by Gasteiger charge is 2.14. The Balaban J connectivity index is 0.929. The van der Waals surface area contributed by atoms with E-state index in [1.165, 1.54) is 134 Å². The molecule has 6 aromatic carbocycles. The van der Waals surface area contributed by atoms with Crippen LogP contribution in [0.3, 0.4) is 0 Å². The fourth-order valence-electron chi connectivity index (χ4n) is 8.99. The minimum absolute atomic E-state index is 0.740. The van der Waals surface area contributed by atoms with E-state index in [4.69, 9.17) is 0 Å². The monoisotopic (exact) mass is 746 g/mol. The molecule has 0 aliphatic heterocycles. The van der Waals surface area contributed by atoms with Gasteiger partial charge in [-0.05, 0) is 193 Å². The lowest BCUT2D eigenvalue weighted by atomic mass is 9.88. The van der Waals surface area contributed by atoms with Gasteiger partial charge in [-0.25, -0.2) is 0 Å². The SMILES string of the molecule is Cc1cc(-c2c(C)cc(-c3ccc(CCCCCCCCCc4ccc(-c5cc(C)c(-c6ccc(C#N)c(C)c6)c(C)c5)c(C)c4)cc3C)cc2C)ccc1C#N. The summed E-state index contributed by atoms with van der Waals surface area (Å²) in [6.07, 6.45) is 11.3. The molecule has 0 atom stereocenters. The molecule has 2 nitrogen and oxygen atoms in total. The molecule has 0 amide bonds. The molecule has 0 unspecified atom stereocenters. The Morgan fingerprint density at radius 3 is 0.982 bits per heavy atom. The first-order valence-corrected chi connectivity index (χ1v) is 20.9. The number of hydrogen-bond donors (Lipinski definition) is 0. The van der Waals surface area contributed by atoms with Crippen molar-refractivity contribution in [3.8, 4) is 56.6 Å². The van der Waals surface area contributed by atoms with Gasteiger partial charge < -0.3 is 0 Å². The van der Waals surface area contributed by atoms with Gasteiger partial charge in [0, 0.05) is 0 Å². The van der Waals surface area contributed by atoms with Gasteiger partial charge in [0.2, 0.25) is 0 Å². The Labute approximate surface area is 342 Å². The smallest absolute Gasteiger partial charge is 0.0994 e. The van der Waals surface area contributed by atoms with Crippen LogP contribution in [0.25, 0.3) is 44.5 Å². The first kappa shape index (κ1) is 40.9. The van der Waals surface area contributed by atoms with E-state index in [0.717, 1.165) is 35.1 Å². The number of nitrogens with zero attached hydrogens (tertiary/aromatic N) is 2. The lowest BCUT2D eigenvalue weighted by Crippen LogP contribution is -1.94. The summed E-state index contributed by atoms with van der Waals surface area (Å²) < 4.78 is 0. The molecule has 57 heavy (non-hydrogen) atoms. The molecule has 0 bridgehead atoms. The van der Waals surface area contributed by atoms with E-state index in [-0.39, 0.29) is 0 Å². The molecule has 0 fully saturated rings. The van der Waals surface area contributed by atoms with E-state index in [9.17, 15) is 10.5 Å². The molecule has 0 radical (unpaired) electrons. The van der Waals surface area contributed by atoms with Crippen LogP contribution in [0.4, 0.5) is 0 Å². The number of aryl methyl sites for hydroxylation is 10. The van der Waals surface area contributed by atoms with Crippen LogP contribution >= 0.6 is 0 Å². The third kappa shape index (κ3) is 9.65. The third-order valence-electron chi connectivity index (χ3n) is 12.0. The van der Waals surface area contributed by atoms with E-state index in [2.05, 4.69) is 139 Å². The summed E-state index contributed by atoms with van der Waals surface area (Å²) in [4.78, 5) is 0. The van der Waals surface area contributed by atoms with Gasteiger partial charge in [-0.15, -0.1) is 0 Å². The number of nitriles is 2. The quantitative estimate of drug-likeness (QED) is 0.104. The molecule has 6 aromatic rings. The molecule has 0 aliphatic carbocycles. The van der Waals surface area contributed by atoms with Crippen molar-refractivity contribution in [3.05, 3.63) is 164 Å². The summed E-state index contributed by atoms with van der Waals surface area (Å²) in [6.45, 7) is 17.3. The topological polar surface area (TPSA) is 47.6 Å². The maximum atomic E-state index is 9.36. The predicted molar refractivity (Wildman–Crippen MR) is 242 cm³/mol. The van der Waals surface area contributed by atoms with Crippen LogP contribution in [0.2, 0.25) is 0 Å². The maximum absolute atomic E-state index is 9.36. The van der Waals surface area contributed by atoms with Crippen molar-refractivity contribution in [2.75, 3.05) is 0 Å². The lowest BCUT2D eigenvalue weighted by molar-refractivity contribution is 0.579. The molecule has 288 valence electrons. The molecule has 0 saturated heterocycles. The standard InChI is InChI=1S/C55H58N2/c1-36-28-46(20-22-48(36)34-56)54-40(5)30-50(31-41(54)6)52-24-18-44(26-38(52)3)16-14-12-10-9-11-13-15-17-45-19-25-53(39(4)27-45)51-32-42(7)55(43(8)33-51)47-21-23-49(35-57)37(2)29-47/h18-33H,9-17H2,1-8H3. The summed E-state index contributed by atoms with van der Waals surface area (Å²) in [5.41, 5.74) is 24.2. The number of unbranched alkanes of at least 4 members (excludes halogenated alkanes) is 6. The summed E-state index contributed by atoms with van der Waals surface area (Å²) >= 11 is 0. The van der Waals surface area contributed by atoms with E-state index >= 15 is 0 Å². The maximum Gasteiger partial charge on any atom is 0.0994 e. The van der Waals surface area contributed by atoms with Crippen LogP contribution in [0.15, 0.2) is 97.1 Å². The molecule has 0 spiro atoms. The summed E-state index contributed by atoms with van der Waals surface area (Å²) in [5.74, 6) is 0. The van der Waals surface area contributed by atoms with Gasteiger partial charge in [0.05, 0.1) is 23.3 Å². The van der Waals surface area contributed by atoms with Crippen molar-refractivity contribution >= 4 is 0 Å². The Hall–Kier alpha value is -5.70. The van der Waals surface area contributed by atoms with Gasteiger partial charge in [-0.3, -0.25) is 0 Å². The second kappa shape index (κ2) is 18.5. The normalized spacial score (nSPS) is 11.1. The van der Waals surface area contributed by atoms with Crippen LogP contribution in [0, 0.1) is 78.1 Å². The van der Waals surface area contributed by atoms with Crippen molar-refractivity contribution < 1.29 is 0 Å². The van der Waals surface area contributed by atoms with E-state index in [1.54, 1.807) is 0 Å². The number of benzene rings is 6. The molecule has 6 rings (SSSR count). The highest BCUT2D eigenvalue weighted by molar-refractivity contribution is 5.80. The third-order valence-corrected chi connectivity index (χ3v) is 12.0. The average molecular weight is 747 g/mol. The largest absolute Gasteiger partial charge is 0.192 e. The first-order valence-electron chi connectivity index (χ1n) is 20.9. The van der Waals surface area contributed by atoms with Crippen molar-refractivity contribution in [1.29, 1.82) is 10.5 Å². The Bertz CT molecular complexity index is 2280. The summed E-state index contributed by atoms with van der Waals surface area (Å²) in [6, 6.07) is 40.2. The molecule has 0 saturated carbocycles. The zero-order valence-electron chi connectivity index (χ0n) is 35.5. The molecule has 0 N–H and O–H groups in total. The van der Waals surface area contributed by atoms with E-state index < -0.39 is 0 Å². The van der Waals surface area contributed by atoms with Crippen molar-refractivity contribution in [1.82, 2.24) is 0 Å². The predicted octanol–water partition coefficient (Wildman–Crippen LogP) is 15.1. The molecular weight excluding hydrogens is 689 g/mol. The second-order valence-electron chi connectivity index (χ2n) is 16.5. The van der Waals surface area contributed by atoms with Crippen molar-refractivity contribution in [2.45, 2.75) is 113 Å². The van der Waals surface area contributed by atoms with E-state index in [0.29, 0.717) is 0 Å². The van der Waals surface area contributed by atoms with Crippen LogP contribution < -0.4 is 0 Å². The van der Waals surface area contributed by atoms with Crippen LogP contribution in [-0.4, -0.2) is 0 Å². The zero-order chi connectivity index (χ0) is 40.6. The van der Waals surface area contributed by atoms with Gasteiger partial charge in [0.15, 0.2) is 0 Å². The van der Waals surface area contributed by atoms with Crippen LogP contribution in [0.5, 0.6) is 0 Å². The van der Waals surface area contributed by atoms with Gasteiger partial charge in [-0.1, -0.05) is 117 Å². The highest BCUT2D eigenvalue weighted by Crippen LogP contribution is 2.36. The highest BCUT2D eigenvalue weighted by atomic mass is 14.3. The number of rotatable bonds is 14. The van der Waals surface area contributed by atoms with E-state index in [1.807, 2.05) is 26.0 Å². The minimum atomic E-state index is 0.740. The molecule has 2 heteroatoms. The average Bonchev–Trinajstić information content (AvgIpc) is 3.17. The van der Waals surface area contributed by atoms with Gasteiger partial charge in [0.1, 0.15) is 0 Å². The minimum Gasteiger partial charge on any atom is -0.192 e. The molecular formula is C55H58N2. The fourth-order valence-corrected chi connectivity index (χ4v) is 8.99. The molecule has 0 heterocycles. The first-order chi connectivity index (χ1) is 27.5. The molecule has 0 aromatic heterocycles. The Kier molecular flexibility index (Phi) is 13.3. The lowest BCUT2D eigenvalue weighted by Gasteiger charge is -2.16. The Morgan fingerprint density at radius 2 is 0.667 bits per heavy atom. The summed E-state index contributed by atoms with van der Waals surface area (Å²) in [7, 11) is 0. The van der Waals surface area contributed by atoms with Gasteiger partial charge in [0.25, 0.3) is 0 Å². The summed E-state index contributed by atoms with van der Waals surface area (Å²) in [5, 5.41) is 18.7. The van der Waals surface area contributed by atoms with Crippen LogP contribution in [0.1, 0.15) is 112 Å². The Morgan fingerprint density at radius 1 is 0.333 bits per heavy atom. The zero-order valence-corrected chi connectivity index (χ0v) is 35.5. The van der Waals surface area contributed by atoms with Crippen molar-refractivity contribution in [2.24, 2.45) is 0 Å². The fraction of sp³-hybridized carbons (Fsp3) is 0.309. The van der Waals surface area contributed by atoms with Crippen molar-refractivity contribution in [3.63, 3.8) is 0 Å².